The third-order valence-corrected chi connectivity index (χ3v) is 4.25. The smallest absolute Gasteiger partial charge is 0.0244 e. The van der Waals surface area contributed by atoms with Crippen LogP contribution in [0.4, 0.5) is 0 Å². The van der Waals surface area contributed by atoms with E-state index in [1.807, 2.05) is 11.3 Å². The van der Waals surface area contributed by atoms with Crippen molar-refractivity contribution in [3.05, 3.63) is 21.4 Å². The van der Waals surface area contributed by atoms with Gasteiger partial charge in [0.2, 0.25) is 0 Å². The first-order valence-electron chi connectivity index (χ1n) is 5.67. The molecule has 1 unspecified atom stereocenters. The monoisotopic (exact) mass is 224 g/mol. The molecule has 2 N–H and O–H groups in total. The minimum absolute atomic E-state index is 0.727. The summed E-state index contributed by atoms with van der Waals surface area (Å²) in [7, 11) is 0. The number of likely N-dealkylation sites (tertiary alicyclic amines) is 1. The fraction of sp³-hybridized carbons (Fsp3) is 0.667. The molecule has 1 aliphatic rings. The van der Waals surface area contributed by atoms with Crippen molar-refractivity contribution in [1.82, 2.24) is 4.90 Å². The van der Waals surface area contributed by atoms with Gasteiger partial charge in [-0.05, 0) is 50.9 Å². The number of aryl methyl sites for hydroxylation is 2. The average Bonchev–Trinajstić information content (AvgIpc) is 2.75. The molecule has 1 aliphatic heterocycles. The van der Waals surface area contributed by atoms with Crippen molar-refractivity contribution in [1.29, 1.82) is 0 Å². The highest BCUT2D eigenvalue weighted by molar-refractivity contribution is 7.12. The second-order valence-corrected chi connectivity index (χ2v) is 6.02. The number of hydrogen-bond donors (Lipinski definition) is 1. The Balaban J connectivity index is 1.95. The fourth-order valence-electron chi connectivity index (χ4n) is 2.33. The van der Waals surface area contributed by atoms with Crippen LogP contribution in [0.2, 0.25) is 0 Å². The molecule has 1 fully saturated rings. The Morgan fingerprint density at radius 3 is 2.87 bits per heavy atom. The molecular formula is C12H20N2S. The lowest BCUT2D eigenvalue weighted by Gasteiger charge is -2.15. The van der Waals surface area contributed by atoms with E-state index in [0.717, 1.165) is 19.0 Å². The van der Waals surface area contributed by atoms with Crippen molar-refractivity contribution in [2.45, 2.75) is 26.8 Å². The van der Waals surface area contributed by atoms with E-state index in [1.165, 1.54) is 34.8 Å². The van der Waals surface area contributed by atoms with E-state index in [4.69, 9.17) is 5.73 Å². The number of rotatable bonds is 3. The number of nitrogens with two attached hydrogens (primary N) is 1. The largest absolute Gasteiger partial charge is 0.330 e. The standard InChI is InChI=1S/C12H20N2S/c1-9-5-12(10(2)15-9)8-14-4-3-11(6-13)7-14/h5,11H,3-4,6-8,13H2,1-2H3. The van der Waals surface area contributed by atoms with Gasteiger partial charge in [-0.3, -0.25) is 4.90 Å². The maximum atomic E-state index is 5.70. The van der Waals surface area contributed by atoms with Crippen LogP contribution in [0, 0.1) is 19.8 Å². The van der Waals surface area contributed by atoms with Gasteiger partial charge in [0.25, 0.3) is 0 Å². The predicted octanol–water partition coefficient (Wildman–Crippen LogP) is 2.15. The molecular weight excluding hydrogens is 204 g/mol. The Labute approximate surface area is 96.1 Å². The van der Waals surface area contributed by atoms with Crippen LogP contribution in [0.3, 0.4) is 0 Å². The molecule has 2 nitrogen and oxygen atoms in total. The van der Waals surface area contributed by atoms with Crippen molar-refractivity contribution in [3.8, 4) is 0 Å². The molecule has 3 heteroatoms. The van der Waals surface area contributed by atoms with Crippen LogP contribution in [-0.2, 0) is 6.54 Å². The van der Waals surface area contributed by atoms with E-state index in [1.54, 1.807) is 0 Å². The summed E-state index contributed by atoms with van der Waals surface area (Å²) in [6.07, 6.45) is 1.28. The van der Waals surface area contributed by atoms with Gasteiger partial charge in [-0.2, -0.15) is 0 Å². The molecule has 0 radical (unpaired) electrons. The SMILES string of the molecule is Cc1cc(CN2CCC(CN)C2)c(C)s1. The Morgan fingerprint density at radius 1 is 1.53 bits per heavy atom. The van der Waals surface area contributed by atoms with Crippen LogP contribution >= 0.6 is 11.3 Å². The lowest BCUT2D eigenvalue weighted by molar-refractivity contribution is 0.318. The average molecular weight is 224 g/mol. The Bertz CT molecular complexity index is 332. The minimum atomic E-state index is 0.727. The second-order valence-electron chi connectivity index (χ2n) is 4.56. The maximum absolute atomic E-state index is 5.70. The molecule has 0 aromatic carbocycles. The predicted molar refractivity (Wildman–Crippen MR) is 66.2 cm³/mol. The zero-order valence-corrected chi connectivity index (χ0v) is 10.4. The van der Waals surface area contributed by atoms with Crippen LogP contribution in [0.25, 0.3) is 0 Å². The molecule has 0 aliphatic carbocycles. The molecule has 0 saturated carbocycles. The summed E-state index contributed by atoms with van der Waals surface area (Å²) in [6, 6.07) is 2.33. The number of hydrogen-bond acceptors (Lipinski definition) is 3. The third-order valence-electron chi connectivity index (χ3n) is 3.24. The topological polar surface area (TPSA) is 29.3 Å². The molecule has 2 rings (SSSR count). The normalized spacial score (nSPS) is 22.5. The maximum Gasteiger partial charge on any atom is 0.0244 e. The van der Waals surface area contributed by atoms with Crippen LogP contribution in [0.5, 0.6) is 0 Å². The van der Waals surface area contributed by atoms with Crippen LogP contribution in [0.1, 0.15) is 21.7 Å². The van der Waals surface area contributed by atoms with E-state index in [2.05, 4.69) is 24.8 Å². The highest BCUT2D eigenvalue weighted by Crippen LogP contribution is 2.24. The van der Waals surface area contributed by atoms with Gasteiger partial charge < -0.3 is 5.73 Å². The van der Waals surface area contributed by atoms with E-state index in [9.17, 15) is 0 Å². The van der Waals surface area contributed by atoms with E-state index in [0.29, 0.717) is 0 Å². The van der Waals surface area contributed by atoms with Gasteiger partial charge in [-0.25, -0.2) is 0 Å². The quantitative estimate of drug-likeness (QED) is 0.852. The molecule has 0 spiro atoms. The zero-order valence-electron chi connectivity index (χ0n) is 9.62. The summed E-state index contributed by atoms with van der Waals surface area (Å²) in [5.41, 5.74) is 7.21. The van der Waals surface area contributed by atoms with Gasteiger partial charge >= 0.3 is 0 Å². The van der Waals surface area contributed by atoms with E-state index < -0.39 is 0 Å². The highest BCUT2D eigenvalue weighted by Gasteiger charge is 2.21. The zero-order chi connectivity index (χ0) is 10.8. The summed E-state index contributed by atoms with van der Waals surface area (Å²) < 4.78 is 0. The van der Waals surface area contributed by atoms with E-state index >= 15 is 0 Å². The summed E-state index contributed by atoms with van der Waals surface area (Å²) >= 11 is 1.91. The molecule has 84 valence electrons. The first kappa shape index (κ1) is 11.1. The lowest BCUT2D eigenvalue weighted by atomic mass is 10.1. The third kappa shape index (κ3) is 2.60. The highest BCUT2D eigenvalue weighted by atomic mass is 32.1. The van der Waals surface area contributed by atoms with Gasteiger partial charge in [0.1, 0.15) is 0 Å². The first-order valence-corrected chi connectivity index (χ1v) is 6.49. The Hall–Kier alpha value is -0.380. The molecule has 1 atom stereocenters. The summed E-state index contributed by atoms with van der Waals surface area (Å²) in [6.45, 7) is 8.78. The van der Waals surface area contributed by atoms with Gasteiger partial charge in [-0.15, -0.1) is 11.3 Å². The summed E-state index contributed by atoms with van der Waals surface area (Å²) in [5.74, 6) is 0.727. The molecule has 1 saturated heterocycles. The van der Waals surface area contributed by atoms with Crippen molar-refractivity contribution in [2.75, 3.05) is 19.6 Å². The van der Waals surface area contributed by atoms with Gasteiger partial charge in [0.05, 0.1) is 0 Å². The molecule has 0 bridgehead atoms. The fourth-order valence-corrected chi connectivity index (χ4v) is 3.27. The van der Waals surface area contributed by atoms with Gasteiger partial charge in [0.15, 0.2) is 0 Å². The molecule has 1 aromatic heterocycles. The molecule has 0 amide bonds. The van der Waals surface area contributed by atoms with Gasteiger partial charge in [0, 0.05) is 22.8 Å². The minimum Gasteiger partial charge on any atom is -0.330 e. The van der Waals surface area contributed by atoms with E-state index in [-0.39, 0.29) is 0 Å². The van der Waals surface area contributed by atoms with Gasteiger partial charge in [-0.1, -0.05) is 0 Å². The molecule has 1 aromatic rings. The summed E-state index contributed by atoms with van der Waals surface area (Å²) in [5, 5.41) is 0. The van der Waals surface area contributed by atoms with Crippen LogP contribution in [0.15, 0.2) is 6.07 Å². The molecule has 15 heavy (non-hydrogen) atoms. The van der Waals surface area contributed by atoms with Crippen molar-refractivity contribution in [2.24, 2.45) is 11.7 Å². The number of thiophene rings is 1. The van der Waals surface area contributed by atoms with Crippen LogP contribution in [-0.4, -0.2) is 24.5 Å². The Kier molecular flexibility index (Phi) is 3.44. The summed E-state index contributed by atoms with van der Waals surface area (Å²) in [4.78, 5) is 5.44. The molecule has 2 heterocycles. The number of nitrogens with zero attached hydrogens (tertiary/aromatic N) is 1. The van der Waals surface area contributed by atoms with Crippen LogP contribution < -0.4 is 5.73 Å². The van der Waals surface area contributed by atoms with Crippen molar-refractivity contribution >= 4 is 11.3 Å². The van der Waals surface area contributed by atoms with Crippen molar-refractivity contribution in [3.63, 3.8) is 0 Å². The van der Waals surface area contributed by atoms with Crippen molar-refractivity contribution < 1.29 is 0 Å². The second kappa shape index (κ2) is 4.64. The Morgan fingerprint density at radius 2 is 2.33 bits per heavy atom. The lowest BCUT2D eigenvalue weighted by Crippen LogP contribution is -2.22. The first-order chi connectivity index (χ1) is 7.19.